The highest BCUT2D eigenvalue weighted by atomic mass is 35.5. The van der Waals surface area contributed by atoms with Gasteiger partial charge in [-0.05, 0) is 41.8 Å². The summed E-state index contributed by atoms with van der Waals surface area (Å²) in [6, 6.07) is 13.7. The minimum Gasteiger partial charge on any atom is -0.348 e. The Hall–Kier alpha value is -1.59. The monoisotopic (exact) mass is 417 g/mol. The number of hydrogen-bond donors (Lipinski definition) is 2. The van der Waals surface area contributed by atoms with Crippen LogP contribution in [0.5, 0.6) is 0 Å². The fourth-order valence-electron chi connectivity index (χ4n) is 4.46. The van der Waals surface area contributed by atoms with Gasteiger partial charge in [-0.1, -0.05) is 47.5 Å². The molecule has 0 spiro atoms. The molecule has 28 heavy (non-hydrogen) atoms. The first-order valence-corrected chi connectivity index (χ1v) is 10.5. The summed E-state index contributed by atoms with van der Waals surface area (Å²) in [5, 5.41) is 7.79. The van der Waals surface area contributed by atoms with E-state index in [1.54, 1.807) is 6.07 Å². The van der Waals surface area contributed by atoms with Crippen molar-refractivity contribution in [1.29, 1.82) is 0 Å². The van der Waals surface area contributed by atoms with Crippen LogP contribution < -0.4 is 10.6 Å². The number of nitrogens with zero attached hydrogens (tertiary/aromatic N) is 1. The molecular weight excluding hydrogens is 393 g/mol. The summed E-state index contributed by atoms with van der Waals surface area (Å²) in [6.07, 6.45) is 1.50. The first-order valence-electron chi connectivity index (χ1n) is 9.77. The molecule has 1 aliphatic heterocycles. The first-order chi connectivity index (χ1) is 13.5. The summed E-state index contributed by atoms with van der Waals surface area (Å²) >= 11 is 12.3. The quantitative estimate of drug-likeness (QED) is 0.798. The van der Waals surface area contributed by atoms with E-state index in [-0.39, 0.29) is 11.9 Å². The summed E-state index contributed by atoms with van der Waals surface area (Å²) in [5.41, 5.74) is 2.92. The number of piperazine rings is 1. The third kappa shape index (κ3) is 3.79. The summed E-state index contributed by atoms with van der Waals surface area (Å²) in [5.74, 6) is 0.0780. The molecule has 6 heteroatoms. The maximum Gasteiger partial charge on any atom is 0.241 e. The van der Waals surface area contributed by atoms with Gasteiger partial charge in [0.15, 0.2) is 0 Å². The second-order valence-electron chi connectivity index (χ2n) is 7.79. The number of carbonyl (C=O) groups is 1. The smallest absolute Gasteiger partial charge is 0.241 e. The maximum atomic E-state index is 13.6. The third-order valence-electron chi connectivity index (χ3n) is 5.96. The molecule has 2 N–H and O–H groups in total. The highest BCUT2D eigenvalue weighted by molar-refractivity contribution is 6.34. The standard InChI is InChI=1S/C22H25Cl2N3O/c1-15(18-10-19(23)12-20(24)11-18)26-21(28)22(27-8-6-25-7-9-27)13-16-4-2-3-5-17(16)14-22/h2-5,10-12,15,25H,6-9,13-14H2,1H3,(H,26,28)/t15-/m0/s1. The number of carbonyl (C=O) groups excluding carboxylic acids is 1. The van der Waals surface area contributed by atoms with Gasteiger partial charge in [-0.15, -0.1) is 0 Å². The zero-order valence-electron chi connectivity index (χ0n) is 16.0. The van der Waals surface area contributed by atoms with Gasteiger partial charge in [-0.25, -0.2) is 0 Å². The predicted octanol–water partition coefficient (Wildman–Crippen LogP) is 3.61. The molecule has 0 aromatic heterocycles. The van der Waals surface area contributed by atoms with Crippen molar-refractivity contribution in [2.24, 2.45) is 0 Å². The summed E-state index contributed by atoms with van der Waals surface area (Å²) in [7, 11) is 0. The number of fused-ring (bicyclic) bond motifs is 1. The van der Waals surface area contributed by atoms with Crippen molar-refractivity contribution in [3.63, 3.8) is 0 Å². The van der Waals surface area contributed by atoms with Crippen molar-refractivity contribution < 1.29 is 4.79 Å². The van der Waals surface area contributed by atoms with Crippen LogP contribution in [-0.4, -0.2) is 42.5 Å². The summed E-state index contributed by atoms with van der Waals surface area (Å²) in [6.45, 7) is 5.54. The Bertz CT molecular complexity index is 835. The average Bonchev–Trinajstić information content (AvgIpc) is 3.09. The van der Waals surface area contributed by atoms with Gasteiger partial charge in [0.1, 0.15) is 5.54 Å². The molecule has 4 rings (SSSR count). The molecule has 1 aliphatic carbocycles. The lowest BCUT2D eigenvalue weighted by Crippen LogP contribution is -2.64. The van der Waals surface area contributed by atoms with Crippen LogP contribution in [0.4, 0.5) is 0 Å². The molecule has 1 amide bonds. The van der Waals surface area contributed by atoms with E-state index in [0.717, 1.165) is 44.6 Å². The van der Waals surface area contributed by atoms with E-state index in [2.05, 4.69) is 39.8 Å². The molecule has 1 heterocycles. The molecule has 1 fully saturated rings. The van der Waals surface area contributed by atoms with Gasteiger partial charge in [0.25, 0.3) is 0 Å². The molecule has 4 nitrogen and oxygen atoms in total. The molecule has 1 atom stereocenters. The van der Waals surface area contributed by atoms with Crippen LogP contribution in [0.25, 0.3) is 0 Å². The van der Waals surface area contributed by atoms with Crippen LogP contribution in [0.2, 0.25) is 10.0 Å². The lowest BCUT2D eigenvalue weighted by atomic mass is 9.90. The number of rotatable bonds is 4. The van der Waals surface area contributed by atoms with Crippen LogP contribution in [0.15, 0.2) is 42.5 Å². The molecule has 148 valence electrons. The Labute approximate surface area is 176 Å². The fourth-order valence-corrected chi connectivity index (χ4v) is 5.00. The maximum absolute atomic E-state index is 13.6. The van der Waals surface area contributed by atoms with E-state index >= 15 is 0 Å². The number of halogens is 2. The van der Waals surface area contributed by atoms with Gasteiger partial charge in [-0.3, -0.25) is 9.69 Å². The van der Waals surface area contributed by atoms with E-state index in [4.69, 9.17) is 23.2 Å². The second-order valence-corrected chi connectivity index (χ2v) is 8.66. The van der Waals surface area contributed by atoms with Crippen molar-refractivity contribution in [3.05, 3.63) is 69.2 Å². The van der Waals surface area contributed by atoms with Crippen LogP contribution in [0, 0.1) is 0 Å². The Morgan fingerprint density at radius 3 is 2.21 bits per heavy atom. The Kier molecular flexibility index (Phi) is 5.66. The zero-order valence-corrected chi connectivity index (χ0v) is 17.5. The average molecular weight is 418 g/mol. The van der Waals surface area contributed by atoms with Gasteiger partial charge >= 0.3 is 0 Å². The van der Waals surface area contributed by atoms with Crippen LogP contribution in [0.1, 0.15) is 29.7 Å². The van der Waals surface area contributed by atoms with Crippen LogP contribution in [-0.2, 0) is 17.6 Å². The SMILES string of the molecule is C[C@H](NC(=O)C1(N2CCNCC2)Cc2ccccc2C1)c1cc(Cl)cc(Cl)c1. The highest BCUT2D eigenvalue weighted by Crippen LogP contribution is 2.36. The molecule has 0 radical (unpaired) electrons. The Balaban J connectivity index is 1.61. The largest absolute Gasteiger partial charge is 0.348 e. The van der Waals surface area contributed by atoms with Crippen LogP contribution >= 0.6 is 23.2 Å². The molecular formula is C22H25Cl2N3O. The lowest BCUT2D eigenvalue weighted by Gasteiger charge is -2.42. The van der Waals surface area contributed by atoms with E-state index in [1.807, 2.05) is 19.1 Å². The van der Waals surface area contributed by atoms with Crippen molar-refractivity contribution in [1.82, 2.24) is 15.5 Å². The van der Waals surface area contributed by atoms with Gasteiger partial charge < -0.3 is 10.6 Å². The molecule has 2 aromatic carbocycles. The zero-order chi connectivity index (χ0) is 19.7. The lowest BCUT2D eigenvalue weighted by molar-refractivity contribution is -0.134. The molecule has 2 aromatic rings. The van der Waals surface area contributed by atoms with Gasteiger partial charge in [-0.2, -0.15) is 0 Å². The second kappa shape index (κ2) is 8.03. The van der Waals surface area contributed by atoms with Crippen LogP contribution in [0.3, 0.4) is 0 Å². The first kappa shape index (κ1) is 19.7. The van der Waals surface area contributed by atoms with E-state index < -0.39 is 5.54 Å². The van der Waals surface area contributed by atoms with Crippen molar-refractivity contribution >= 4 is 29.1 Å². The van der Waals surface area contributed by atoms with E-state index in [9.17, 15) is 4.79 Å². The third-order valence-corrected chi connectivity index (χ3v) is 6.40. The summed E-state index contributed by atoms with van der Waals surface area (Å²) < 4.78 is 0. The molecule has 0 unspecified atom stereocenters. The van der Waals surface area contributed by atoms with Gasteiger partial charge in [0.05, 0.1) is 6.04 Å². The van der Waals surface area contributed by atoms with Crippen molar-refractivity contribution in [3.8, 4) is 0 Å². The fraction of sp³-hybridized carbons (Fsp3) is 0.409. The summed E-state index contributed by atoms with van der Waals surface area (Å²) in [4.78, 5) is 16.0. The number of amides is 1. The van der Waals surface area contributed by atoms with E-state index in [0.29, 0.717) is 10.0 Å². The van der Waals surface area contributed by atoms with Crippen molar-refractivity contribution in [2.75, 3.05) is 26.2 Å². The number of hydrogen-bond acceptors (Lipinski definition) is 3. The van der Waals surface area contributed by atoms with Crippen molar-refractivity contribution in [2.45, 2.75) is 31.3 Å². The normalized spacial score (nSPS) is 19.8. The Morgan fingerprint density at radius 2 is 1.64 bits per heavy atom. The topological polar surface area (TPSA) is 44.4 Å². The minimum absolute atomic E-state index is 0.0780. The molecule has 0 saturated carbocycles. The molecule has 1 saturated heterocycles. The number of benzene rings is 2. The predicted molar refractivity (Wildman–Crippen MR) is 114 cm³/mol. The Morgan fingerprint density at radius 1 is 1.07 bits per heavy atom. The molecule has 2 aliphatic rings. The van der Waals surface area contributed by atoms with E-state index in [1.165, 1.54) is 11.1 Å². The highest BCUT2D eigenvalue weighted by Gasteiger charge is 2.48. The van der Waals surface area contributed by atoms with Gasteiger partial charge in [0, 0.05) is 49.1 Å². The molecule has 0 bridgehead atoms. The van der Waals surface area contributed by atoms with Gasteiger partial charge in [0.2, 0.25) is 5.91 Å². The minimum atomic E-state index is -0.539. The number of nitrogens with one attached hydrogen (secondary N) is 2.